The van der Waals surface area contributed by atoms with Crippen molar-refractivity contribution in [2.24, 2.45) is 5.41 Å². The third-order valence-electron chi connectivity index (χ3n) is 5.33. The second kappa shape index (κ2) is 5.41. The van der Waals surface area contributed by atoms with Gasteiger partial charge in [0, 0.05) is 30.2 Å². The predicted octanol–water partition coefficient (Wildman–Crippen LogP) is 3.17. The second-order valence-corrected chi connectivity index (χ2v) is 6.82. The third-order valence-corrected chi connectivity index (χ3v) is 5.33. The topological polar surface area (TPSA) is 65.2 Å². The quantitative estimate of drug-likeness (QED) is 0.894. The number of fused-ring (bicyclic) bond motifs is 1. The molecule has 1 aliphatic carbocycles. The highest BCUT2D eigenvalue weighted by atomic mass is 16.2. The van der Waals surface area contributed by atoms with E-state index in [1.165, 1.54) is 6.42 Å². The number of hydrogen-bond acceptors (Lipinski definition) is 2. The van der Waals surface area contributed by atoms with Crippen molar-refractivity contribution in [2.75, 3.05) is 6.54 Å². The number of imide groups is 1. The summed E-state index contributed by atoms with van der Waals surface area (Å²) < 4.78 is 0. The number of H-pyrrole nitrogens is 1. The number of nitrogens with one attached hydrogen (secondary N) is 2. The summed E-state index contributed by atoms with van der Waals surface area (Å²) in [6.07, 6.45) is 7.06. The van der Waals surface area contributed by atoms with Gasteiger partial charge in [-0.2, -0.15) is 0 Å². The number of aromatic amines is 1. The van der Waals surface area contributed by atoms with Crippen LogP contribution in [-0.4, -0.2) is 28.4 Å². The van der Waals surface area contributed by atoms with Gasteiger partial charge in [-0.3, -0.25) is 10.1 Å². The molecule has 5 heteroatoms. The summed E-state index contributed by atoms with van der Waals surface area (Å²) >= 11 is 0. The Kier molecular flexibility index (Phi) is 3.36. The molecule has 1 aliphatic heterocycles. The van der Waals surface area contributed by atoms with Crippen LogP contribution in [0.15, 0.2) is 30.5 Å². The SMILES string of the molecule is O=C1NC(=O)C2(CCCCC2)CN1Cc1c[nH]c2ccccc12. The lowest BCUT2D eigenvalue weighted by Crippen LogP contribution is -2.60. The fraction of sp³-hybridized carbons (Fsp3) is 0.444. The number of carbonyl (C=O) groups excluding carboxylic acids is 2. The van der Waals surface area contributed by atoms with Crippen LogP contribution >= 0.6 is 0 Å². The van der Waals surface area contributed by atoms with Crippen LogP contribution in [0.25, 0.3) is 10.9 Å². The normalized spacial score (nSPS) is 21.0. The first-order chi connectivity index (χ1) is 11.2. The number of benzene rings is 1. The minimum atomic E-state index is -0.377. The van der Waals surface area contributed by atoms with Gasteiger partial charge in [-0.05, 0) is 24.5 Å². The number of amides is 3. The molecule has 5 nitrogen and oxygen atoms in total. The minimum absolute atomic E-state index is 0.0719. The molecule has 1 saturated heterocycles. The van der Waals surface area contributed by atoms with E-state index in [2.05, 4.69) is 16.4 Å². The summed E-state index contributed by atoms with van der Waals surface area (Å²) in [6.45, 7) is 1.07. The zero-order chi connectivity index (χ0) is 15.9. The van der Waals surface area contributed by atoms with E-state index in [0.29, 0.717) is 13.1 Å². The molecule has 0 radical (unpaired) electrons. The molecule has 120 valence electrons. The molecule has 0 atom stereocenters. The lowest BCUT2D eigenvalue weighted by molar-refractivity contribution is -0.135. The zero-order valence-electron chi connectivity index (χ0n) is 13.1. The Morgan fingerprint density at radius 3 is 2.70 bits per heavy atom. The van der Waals surface area contributed by atoms with Gasteiger partial charge in [-0.1, -0.05) is 37.5 Å². The zero-order valence-corrected chi connectivity index (χ0v) is 13.1. The molecular weight excluding hydrogens is 290 g/mol. The minimum Gasteiger partial charge on any atom is -0.361 e. The van der Waals surface area contributed by atoms with Crippen molar-refractivity contribution in [1.82, 2.24) is 15.2 Å². The van der Waals surface area contributed by atoms with E-state index in [1.54, 1.807) is 4.90 Å². The van der Waals surface area contributed by atoms with Gasteiger partial charge in [-0.15, -0.1) is 0 Å². The molecule has 1 aromatic carbocycles. The van der Waals surface area contributed by atoms with Gasteiger partial charge in [-0.25, -0.2) is 4.79 Å². The van der Waals surface area contributed by atoms with E-state index in [4.69, 9.17) is 0 Å². The van der Waals surface area contributed by atoms with Crippen molar-refractivity contribution in [3.05, 3.63) is 36.0 Å². The van der Waals surface area contributed by atoms with Crippen molar-refractivity contribution < 1.29 is 9.59 Å². The molecule has 2 fully saturated rings. The van der Waals surface area contributed by atoms with Crippen LogP contribution in [0.2, 0.25) is 0 Å². The molecule has 2 heterocycles. The van der Waals surface area contributed by atoms with Crippen molar-refractivity contribution in [1.29, 1.82) is 0 Å². The van der Waals surface area contributed by atoms with E-state index >= 15 is 0 Å². The van der Waals surface area contributed by atoms with Crippen molar-refractivity contribution >= 4 is 22.8 Å². The summed E-state index contributed by atoms with van der Waals surface area (Å²) in [4.78, 5) is 29.7. The molecule has 23 heavy (non-hydrogen) atoms. The van der Waals surface area contributed by atoms with E-state index in [1.807, 2.05) is 24.4 Å². The molecule has 1 saturated carbocycles. The highest BCUT2D eigenvalue weighted by Crippen LogP contribution is 2.39. The van der Waals surface area contributed by atoms with Crippen LogP contribution in [0.4, 0.5) is 4.79 Å². The van der Waals surface area contributed by atoms with Crippen molar-refractivity contribution in [2.45, 2.75) is 38.6 Å². The number of carbonyl (C=O) groups is 2. The summed E-state index contributed by atoms with van der Waals surface area (Å²) in [7, 11) is 0. The van der Waals surface area contributed by atoms with Gasteiger partial charge >= 0.3 is 6.03 Å². The molecule has 2 aromatic rings. The number of urea groups is 1. The Labute approximate surface area is 135 Å². The number of rotatable bonds is 2. The lowest BCUT2D eigenvalue weighted by Gasteiger charge is -2.43. The Hall–Kier alpha value is -2.30. The molecule has 1 aromatic heterocycles. The molecule has 0 bridgehead atoms. The maximum absolute atomic E-state index is 12.4. The number of nitrogens with zero attached hydrogens (tertiary/aromatic N) is 1. The fourth-order valence-corrected chi connectivity index (χ4v) is 4.03. The van der Waals surface area contributed by atoms with E-state index in [0.717, 1.165) is 42.1 Å². The average molecular weight is 311 g/mol. The van der Waals surface area contributed by atoms with Crippen LogP contribution in [-0.2, 0) is 11.3 Å². The molecule has 1 spiro atoms. The van der Waals surface area contributed by atoms with Crippen LogP contribution in [0.3, 0.4) is 0 Å². The Morgan fingerprint density at radius 2 is 1.87 bits per heavy atom. The van der Waals surface area contributed by atoms with E-state index in [-0.39, 0.29) is 17.4 Å². The molecule has 2 aliphatic rings. The summed E-state index contributed by atoms with van der Waals surface area (Å²) in [5.41, 5.74) is 1.79. The maximum Gasteiger partial charge on any atom is 0.324 e. The van der Waals surface area contributed by atoms with Crippen LogP contribution in [0.5, 0.6) is 0 Å². The summed E-state index contributed by atoms with van der Waals surface area (Å²) in [6, 6.07) is 7.82. The monoisotopic (exact) mass is 311 g/mol. The summed E-state index contributed by atoms with van der Waals surface area (Å²) in [5.74, 6) is -0.0719. The van der Waals surface area contributed by atoms with Crippen LogP contribution < -0.4 is 5.32 Å². The first-order valence-electron chi connectivity index (χ1n) is 8.33. The van der Waals surface area contributed by atoms with Gasteiger partial charge in [0.25, 0.3) is 0 Å². The molecule has 0 unspecified atom stereocenters. The smallest absolute Gasteiger partial charge is 0.324 e. The molecular formula is C18H21N3O2. The first kappa shape index (κ1) is 14.3. The Bertz CT molecular complexity index is 758. The number of aromatic nitrogens is 1. The van der Waals surface area contributed by atoms with E-state index < -0.39 is 0 Å². The molecule has 4 rings (SSSR count). The summed E-state index contributed by atoms with van der Waals surface area (Å²) in [5, 5.41) is 3.72. The molecule has 2 N–H and O–H groups in total. The number of para-hydroxylation sites is 1. The van der Waals surface area contributed by atoms with Gasteiger partial charge in [0.2, 0.25) is 5.91 Å². The number of hydrogen-bond donors (Lipinski definition) is 2. The highest BCUT2D eigenvalue weighted by Gasteiger charge is 2.46. The fourth-order valence-electron chi connectivity index (χ4n) is 4.03. The first-order valence-corrected chi connectivity index (χ1v) is 8.33. The largest absolute Gasteiger partial charge is 0.361 e. The second-order valence-electron chi connectivity index (χ2n) is 6.82. The van der Waals surface area contributed by atoms with Gasteiger partial charge < -0.3 is 9.88 Å². The Morgan fingerprint density at radius 1 is 1.09 bits per heavy atom. The average Bonchev–Trinajstić information content (AvgIpc) is 2.97. The van der Waals surface area contributed by atoms with Gasteiger partial charge in [0.1, 0.15) is 0 Å². The molecule has 3 amide bonds. The van der Waals surface area contributed by atoms with Crippen molar-refractivity contribution in [3.63, 3.8) is 0 Å². The van der Waals surface area contributed by atoms with E-state index in [9.17, 15) is 9.59 Å². The maximum atomic E-state index is 12.4. The van der Waals surface area contributed by atoms with Crippen LogP contribution in [0, 0.1) is 5.41 Å². The van der Waals surface area contributed by atoms with Crippen molar-refractivity contribution in [3.8, 4) is 0 Å². The highest BCUT2D eigenvalue weighted by molar-refractivity contribution is 6.00. The third kappa shape index (κ3) is 2.40. The standard InChI is InChI=1S/C18H21N3O2/c22-16-18(8-4-1-5-9-18)12-21(17(23)20-16)11-13-10-19-15-7-3-2-6-14(13)15/h2-3,6-7,10,19H,1,4-5,8-9,11-12H2,(H,20,22,23). The van der Waals surface area contributed by atoms with Crippen LogP contribution in [0.1, 0.15) is 37.7 Å². The lowest BCUT2D eigenvalue weighted by atomic mass is 9.72. The van der Waals surface area contributed by atoms with Gasteiger partial charge in [0.05, 0.1) is 5.41 Å². The predicted molar refractivity (Wildman–Crippen MR) is 87.8 cm³/mol. The Balaban J connectivity index is 1.60. The van der Waals surface area contributed by atoms with Gasteiger partial charge in [0.15, 0.2) is 0 Å².